The van der Waals surface area contributed by atoms with Crippen LogP contribution in [0.3, 0.4) is 0 Å². The number of phenols is 1. The Morgan fingerprint density at radius 3 is 2.83 bits per heavy atom. The third-order valence-electron chi connectivity index (χ3n) is 2.80. The minimum absolute atomic E-state index is 0.123. The number of pyridine rings is 1. The van der Waals surface area contributed by atoms with Crippen molar-refractivity contribution in [3.8, 4) is 17.1 Å². The van der Waals surface area contributed by atoms with Gasteiger partial charge in [-0.15, -0.1) is 0 Å². The van der Waals surface area contributed by atoms with Gasteiger partial charge in [0.25, 0.3) is 0 Å². The number of hydrogen-bond acceptors (Lipinski definition) is 3. The summed E-state index contributed by atoms with van der Waals surface area (Å²) < 4.78 is 1.92. The van der Waals surface area contributed by atoms with Crippen molar-refractivity contribution in [1.82, 2.24) is 14.5 Å². The van der Waals surface area contributed by atoms with Gasteiger partial charge in [0.2, 0.25) is 0 Å². The first-order chi connectivity index (χ1) is 8.65. The molecule has 0 fully saturated rings. The van der Waals surface area contributed by atoms with Gasteiger partial charge in [-0.2, -0.15) is 0 Å². The van der Waals surface area contributed by atoms with Crippen molar-refractivity contribution in [2.75, 3.05) is 0 Å². The lowest BCUT2D eigenvalue weighted by atomic mass is 10.2. The van der Waals surface area contributed by atoms with Crippen molar-refractivity contribution >= 4 is 22.8 Å². The Labute approximate surface area is 108 Å². The van der Waals surface area contributed by atoms with Crippen LogP contribution >= 0.6 is 11.6 Å². The van der Waals surface area contributed by atoms with Gasteiger partial charge in [-0.1, -0.05) is 11.6 Å². The first-order valence-corrected chi connectivity index (χ1v) is 5.80. The summed E-state index contributed by atoms with van der Waals surface area (Å²) in [6.07, 6.45) is 1.70. The smallest absolute Gasteiger partial charge is 0.178 e. The van der Waals surface area contributed by atoms with E-state index >= 15 is 0 Å². The number of benzene rings is 1. The van der Waals surface area contributed by atoms with E-state index in [9.17, 15) is 5.11 Å². The maximum absolute atomic E-state index is 9.58. The topological polar surface area (TPSA) is 50.9 Å². The minimum Gasteiger partial charge on any atom is -0.508 e. The highest BCUT2D eigenvalue weighted by molar-refractivity contribution is 6.31. The molecule has 0 saturated heterocycles. The number of rotatable bonds is 1. The molecule has 0 amide bonds. The zero-order chi connectivity index (χ0) is 12.7. The molecule has 3 rings (SSSR count). The second kappa shape index (κ2) is 3.99. The fourth-order valence-electron chi connectivity index (χ4n) is 1.99. The fraction of sp³-hybridized carbons (Fsp3) is 0.0769. The van der Waals surface area contributed by atoms with E-state index in [0.29, 0.717) is 10.7 Å². The van der Waals surface area contributed by atoms with Gasteiger partial charge in [-0.25, -0.2) is 9.97 Å². The molecule has 0 saturated carbocycles. The molecule has 0 bridgehead atoms. The molecule has 2 heterocycles. The molecular formula is C13H10ClN3O. The Bertz CT molecular complexity index is 716. The molecule has 0 atom stereocenters. The second-order valence-electron chi connectivity index (χ2n) is 4.04. The van der Waals surface area contributed by atoms with Gasteiger partial charge >= 0.3 is 0 Å². The zero-order valence-corrected chi connectivity index (χ0v) is 10.4. The van der Waals surface area contributed by atoms with Crippen LogP contribution in [0.25, 0.3) is 22.6 Å². The number of aromatic nitrogens is 3. The van der Waals surface area contributed by atoms with Crippen molar-refractivity contribution in [2.45, 2.75) is 0 Å². The summed E-state index contributed by atoms with van der Waals surface area (Å²) in [6, 6.07) is 8.70. The molecule has 0 aliphatic rings. The van der Waals surface area contributed by atoms with Crippen LogP contribution in [0, 0.1) is 0 Å². The molecule has 1 aromatic carbocycles. The largest absolute Gasteiger partial charge is 0.508 e. The van der Waals surface area contributed by atoms with Crippen LogP contribution in [0.15, 0.2) is 36.5 Å². The molecule has 2 aromatic heterocycles. The maximum Gasteiger partial charge on any atom is 0.178 e. The van der Waals surface area contributed by atoms with Crippen LogP contribution in [-0.4, -0.2) is 19.6 Å². The highest BCUT2D eigenvalue weighted by atomic mass is 35.5. The summed E-state index contributed by atoms with van der Waals surface area (Å²) in [6.45, 7) is 0. The molecule has 0 aliphatic heterocycles. The van der Waals surface area contributed by atoms with E-state index in [0.717, 1.165) is 16.9 Å². The Balaban J connectivity index is 2.28. The van der Waals surface area contributed by atoms with Crippen LogP contribution < -0.4 is 0 Å². The lowest BCUT2D eigenvalue weighted by Gasteiger charge is -2.03. The second-order valence-corrected chi connectivity index (χ2v) is 4.48. The van der Waals surface area contributed by atoms with Crippen LogP contribution in [0.5, 0.6) is 5.75 Å². The van der Waals surface area contributed by atoms with Gasteiger partial charge in [0.1, 0.15) is 11.6 Å². The molecule has 1 N–H and O–H groups in total. The van der Waals surface area contributed by atoms with E-state index in [2.05, 4.69) is 9.97 Å². The number of halogens is 1. The van der Waals surface area contributed by atoms with Gasteiger partial charge < -0.3 is 9.67 Å². The lowest BCUT2D eigenvalue weighted by Crippen LogP contribution is -1.92. The number of fused-ring (bicyclic) bond motifs is 1. The SMILES string of the molecule is Cn1c(-c2cc(O)cc(Cl)c2)nc2ncccc21. The number of hydrogen-bond donors (Lipinski definition) is 1. The van der Waals surface area contributed by atoms with E-state index in [1.807, 2.05) is 23.7 Å². The Hall–Kier alpha value is -2.07. The first-order valence-electron chi connectivity index (χ1n) is 5.42. The van der Waals surface area contributed by atoms with Gasteiger partial charge in [0, 0.05) is 23.8 Å². The van der Waals surface area contributed by atoms with Crippen molar-refractivity contribution < 1.29 is 5.11 Å². The first kappa shape index (κ1) is 11.0. The highest BCUT2D eigenvalue weighted by Gasteiger charge is 2.11. The summed E-state index contributed by atoms with van der Waals surface area (Å²) in [5.41, 5.74) is 2.38. The minimum atomic E-state index is 0.123. The van der Waals surface area contributed by atoms with Crippen LogP contribution in [-0.2, 0) is 7.05 Å². The normalized spacial score (nSPS) is 11.0. The maximum atomic E-state index is 9.58. The van der Waals surface area contributed by atoms with Crippen LogP contribution in [0.1, 0.15) is 0 Å². The van der Waals surface area contributed by atoms with Gasteiger partial charge in [-0.3, -0.25) is 0 Å². The molecule has 90 valence electrons. The summed E-state index contributed by atoms with van der Waals surface area (Å²) in [4.78, 5) is 8.65. The van der Waals surface area contributed by atoms with Crippen molar-refractivity contribution in [3.05, 3.63) is 41.6 Å². The summed E-state index contributed by atoms with van der Waals surface area (Å²) in [7, 11) is 1.91. The summed E-state index contributed by atoms with van der Waals surface area (Å²) in [5.74, 6) is 0.846. The number of phenolic OH excluding ortho intramolecular Hbond substituents is 1. The average Bonchev–Trinajstić information content (AvgIpc) is 2.66. The molecule has 0 aliphatic carbocycles. The van der Waals surface area contributed by atoms with Gasteiger partial charge in [-0.05, 0) is 30.3 Å². The fourth-order valence-corrected chi connectivity index (χ4v) is 2.22. The van der Waals surface area contributed by atoms with Crippen molar-refractivity contribution in [3.63, 3.8) is 0 Å². The molecular weight excluding hydrogens is 250 g/mol. The van der Waals surface area contributed by atoms with E-state index in [4.69, 9.17) is 11.6 Å². The van der Waals surface area contributed by atoms with E-state index in [1.165, 1.54) is 6.07 Å². The molecule has 5 heteroatoms. The summed E-state index contributed by atoms with van der Waals surface area (Å²) in [5, 5.41) is 10.1. The molecule has 0 unspecified atom stereocenters. The van der Waals surface area contributed by atoms with Gasteiger partial charge in [0.05, 0.1) is 5.52 Å². The zero-order valence-electron chi connectivity index (χ0n) is 9.63. The molecule has 0 spiro atoms. The third kappa shape index (κ3) is 1.71. The Morgan fingerprint density at radius 2 is 2.11 bits per heavy atom. The molecule has 4 nitrogen and oxygen atoms in total. The molecule has 0 radical (unpaired) electrons. The van der Waals surface area contributed by atoms with Crippen LogP contribution in [0.2, 0.25) is 5.02 Å². The summed E-state index contributed by atoms with van der Waals surface area (Å²) >= 11 is 5.94. The average molecular weight is 260 g/mol. The lowest BCUT2D eigenvalue weighted by molar-refractivity contribution is 0.475. The quantitative estimate of drug-likeness (QED) is 0.731. The number of nitrogens with zero attached hydrogens (tertiary/aromatic N) is 3. The highest BCUT2D eigenvalue weighted by Crippen LogP contribution is 2.28. The standard InChI is InChI=1S/C13H10ClN3O/c1-17-11-3-2-4-15-12(11)16-13(17)8-5-9(14)7-10(18)6-8/h2-7,18H,1H3. The van der Waals surface area contributed by atoms with E-state index in [1.54, 1.807) is 18.3 Å². The van der Waals surface area contributed by atoms with Crippen molar-refractivity contribution in [2.24, 2.45) is 7.05 Å². The number of aromatic hydroxyl groups is 1. The monoisotopic (exact) mass is 259 g/mol. The molecule has 18 heavy (non-hydrogen) atoms. The Morgan fingerprint density at radius 1 is 1.28 bits per heavy atom. The van der Waals surface area contributed by atoms with Gasteiger partial charge in [0.15, 0.2) is 5.65 Å². The Kier molecular flexibility index (Phi) is 2.45. The number of aryl methyl sites for hydroxylation is 1. The van der Waals surface area contributed by atoms with Crippen LogP contribution in [0.4, 0.5) is 0 Å². The van der Waals surface area contributed by atoms with E-state index < -0.39 is 0 Å². The predicted octanol–water partition coefficient (Wildman–Crippen LogP) is 2.99. The number of imidazole rings is 1. The van der Waals surface area contributed by atoms with Crippen molar-refractivity contribution in [1.29, 1.82) is 0 Å². The van der Waals surface area contributed by atoms with E-state index in [-0.39, 0.29) is 5.75 Å². The predicted molar refractivity (Wildman–Crippen MR) is 70.6 cm³/mol. The third-order valence-corrected chi connectivity index (χ3v) is 3.02. The molecule has 3 aromatic rings.